The standard InChI is InChI=1S/C32H50O3/c1-20(33)35-25-11-12-30(7)24(28(25,4)5)10-13-32(9)26(30)23(34)18-21-22-19-27(2,3)14-15-29(22,6)16-17-31(21,32)8/h18,22,24-26H,10-17,19H2,1-9H3/t22?,24?,25?,26?,29-,30+,31-,32-/m1/s1. The van der Waals surface area contributed by atoms with Crippen molar-refractivity contribution in [1.29, 1.82) is 0 Å². The molecule has 0 N–H and O–H groups in total. The molecule has 0 aromatic rings. The second-order valence-corrected chi connectivity index (χ2v) is 15.8. The monoisotopic (exact) mass is 482 g/mol. The van der Waals surface area contributed by atoms with E-state index in [9.17, 15) is 9.59 Å². The van der Waals surface area contributed by atoms with Crippen LogP contribution in [0.5, 0.6) is 0 Å². The summed E-state index contributed by atoms with van der Waals surface area (Å²) in [6, 6.07) is 0. The third kappa shape index (κ3) is 3.34. The van der Waals surface area contributed by atoms with Crippen molar-refractivity contribution in [2.24, 2.45) is 50.2 Å². The van der Waals surface area contributed by atoms with Crippen LogP contribution in [0.25, 0.3) is 0 Å². The number of fused-ring (bicyclic) bond motifs is 7. The molecular weight excluding hydrogens is 432 g/mol. The minimum atomic E-state index is -0.179. The summed E-state index contributed by atoms with van der Waals surface area (Å²) in [6.07, 6.45) is 12.5. The van der Waals surface area contributed by atoms with E-state index in [1.165, 1.54) is 44.6 Å². The first-order valence-electron chi connectivity index (χ1n) is 14.4. The van der Waals surface area contributed by atoms with Gasteiger partial charge >= 0.3 is 5.97 Å². The Balaban J connectivity index is 1.58. The number of rotatable bonds is 1. The van der Waals surface area contributed by atoms with E-state index in [-0.39, 0.29) is 39.7 Å². The molecule has 5 rings (SSSR count). The lowest BCUT2D eigenvalue weighted by Crippen LogP contribution is -2.66. The Bertz CT molecular complexity index is 973. The van der Waals surface area contributed by atoms with E-state index in [1.54, 1.807) is 0 Å². The zero-order valence-electron chi connectivity index (χ0n) is 24.0. The first-order chi connectivity index (χ1) is 16.0. The van der Waals surface area contributed by atoms with Gasteiger partial charge in [0.2, 0.25) is 0 Å². The smallest absolute Gasteiger partial charge is 0.302 e. The molecule has 0 aromatic heterocycles. The number of esters is 1. The van der Waals surface area contributed by atoms with Crippen LogP contribution in [-0.2, 0) is 14.3 Å². The van der Waals surface area contributed by atoms with E-state index < -0.39 is 0 Å². The predicted octanol–water partition coefficient (Wildman–Crippen LogP) is 7.92. The summed E-state index contributed by atoms with van der Waals surface area (Å²) in [5.74, 6) is 1.20. The van der Waals surface area contributed by atoms with Gasteiger partial charge in [-0.2, -0.15) is 0 Å². The zero-order chi connectivity index (χ0) is 25.8. The van der Waals surface area contributed by atoms with Gasteiger partial charge in [-0.3, -0.25) is 9.59 Å². The van der Waals surface area contributed by atoms with E-state index in [0.29, 0.717) is 28.4 Å². The van der Waals surface area contributed by atoms with Crippen molar-refractivity contribution in [1.82, 2.24) is 0 Å². The van der Waals surface area contributed by atoms with Crippen LogP contribution >= 0.6 is 0 Å². The fourth-order valence-corrected chi connectivity index (χ4v) is 10.7. The molecule has 4 unspecified atom stereocenters. The number of hydrogen-bond donors (Lipinski definition) is 0. The van der Waals surface area contributed by atoms with Gasteiger partial charge < -0.3 is 4.74 Å². The molecule has 8 atom stereocenters. The summed E-state index contributed by atoms with van der Waals surface area (Å²) in [5, 5.41) is 0. The molecule has 0 aromatic carbocycles. The van der Waals surface area contributed by atoms with Gasteiger partial charge in [0.1, 0.15) is 6.10 Å². The third-order valence-electron chi connectivity index (χ3n) is 13.0. The van der Waals surface area contributed by atoms with Crippen LogP contribution in [0.4, 0.5) is 0 Å². The van der Waals surface area contributed by atoms with Crippen molar-refractivity contribution in [2.45, 2.75) is 126 Å². The molecule has 0 amide bonds. The van der Waals surface area contributed by atoms with Gasteiger partial charge in [-0.15, -0.1) is 0 Å². The van der Waals surface area contributed by atoms with E-state index in [4.69, 9.17) is 4.74 Å². The maximum atomic E-state index is 14.3. The predicted molar refractivity (Wildman–Crippen MR) is 141 cm³/mol. The Morgan fingerprint density at radius 3 is 2.20 bits per heavy atom. The summed E-state index contributed by atoms with van der Waals surface area (Å²) < 4.78 is 5.85. The fourth-order valence-electron chi connectivity index (χ4n) is 10.7. The molecule has 0 radical (unpaired) electrons. The third-order valence-corrected chi connectivity index (χ3v) is 13.0. The number of ketones is 1. The fraction of sp³-hybridized carbons (Fsp3) is 0.875. The molecule has 35 heavy (non-hydrogen) atoms. The SMILES string of the molecule is CC(=O)OC1CC[C@@]2(C)C(CC[C@]3(C)C2C(=O)C=C2C4CC(C)(C)CC[C@]4(C)CC[C@]23C)C1(C)C. The second kappa shape index (κ2) is 7.47. The lowest BCUT2D eigenvalue weighted by molar-refractivity contribution is -0.210. The molecule has 5 aliphatic carbocycles. The minimum absolute atomic E-state index is 0.00726. The minimum Gasteiger partial charge on any atom is -0.462 e. The number of carbonyl (C=O) groups excluding carboxylic acids is 2. The Kier molecular flexibility index (Phi) is 5.45. The lowest BCUT2D eigenvalue weighted by Gasteiger charge is -2.70. The first-order valence-corrected chi connectivity index (χ1v) is 14.4. The lowest BCUT2D eigenvalue weighted by atomic mass is 9.33. The van der Waals surface area contributed by atoms with Crippen LogP contribution in [0.2, 0.25) is 0 Å². The maximum absolute atomic E-state index is 14.3. The molecule has 196 valence electrons. The van der Waals surface area contributed by atoms with Gasteiger partial charge in [-0.1, -0.05) is 61.0 Å². The molecule has 4 saturated carbocycles. The summed E-state index contributed by atoms with van der Waals surface area (Å²) in [5.41, 5.74) is 2.12. The highest BCUT2D eigenvalue weighted by atomic mass is 16.5. The van der Waals surface area contributed by atoms with Crippen LogP contribution in [0.15, 0.2) is 11.6 Å². The van der Waals surface area contributed by atoms with Gasteiger partial charge in [0, 0.05) is 18.3 Å². The molecule has 0 saturated heterocycles. The number of carbonyl (C=O) groups is 2. The molecular formula is C32H50O3. The zero-order valence-corrected chi connectivity index (χ0v) is 24.0. The summed E-state index contributed by atoms with van der Waals surface area (Å²) in [4.78, 5) is 26.2. The van der Waals surface area contributed by atoms with E-state index >= 15 is 0 Å². The quantitative estimate of drug-likeness (QED) is 0.357. The van der Waals surface area contributed by atoms with Crippen LogP contribution in [0.1, 0.15) is 120 Å². The van der Waals surface area contributed by atoms with Gasteiger partial charge in [-0.05, 0) is 103 Å². The van der Waals surface area contributed by atoms with Crippen LogP contribution in [0, 0.1) is 50.2 Å². The van der Waals surface area contributed by atoms with Crippen LogP contribution in [-0.4, -0.2) is 17.9 Å². The van der Waals surface area contributed by atoms with Crippen molar-refractivity contribution in [2.75, 3.05) is 0 Å². The first kappa shape index (κ1) is 25.5. The highest BCUT2D eigenvalue weighted by molar-refractivity contribution is 5.95. The summed E-state index contributed by atoms with van der Waals surface area (Å²) in [6.45, 7) is 20.9. The van der Waals surface area contributed by atoms with Crippen molar-refractivity contribution in [3.8, 4) is 0 Å². The number of ether oxygens (including phenoxy) is 1. The van der Waals surface area contributed by atoms with Crippen molar-refractivity contribution < 1.29 is 14.3 Å². The van der Waals surface area contributed by atoms with Gasteiger partial charge in [0.05, 0.1) is 0 Å². The van der Waals surface area contributed by atoms with E-state index in [1.807, 2.05) is 0 Å². The normalized spacial score (nSPS) is 50.1. The highest BCUT2D eigenvalue weighted by Gasteiger charge is 2.70. The van der Waals surface area contributed by atoms with Gasteiger partial charge in [0.25, 0.3) is 0 Å². The van der Waals surface area contributed by atoms with E-state index in [2.05, 4.69) is 61.5 Å². The summed E-state index contributed by atoms with van der Waals surface area (Å²) >= 11 is 0. The number of allylic oxidation sites excluding steroid dienone is 2. The molecule has 5 aliphatic rings. The highest BCUT2D eigenvalue weighted by Crippen LogP contribution is 2.75. The van der Waals surface area contributed by atoms with Crippen LogP contribution < -0.4 is 0 Å². The second-order valence-electron chi connectivity index (χ2n) is 15.8. The molecule has 0 spiro atoms. The van der Waals surface area contributed by atoms with Crippen molar-refractivity contribution in [3.63, 3.8) is 0 Å². The maximum Gasteiger partial charge on any atom is 0.302 e. The molecule has 4 fully saturated rings. The Hall–Kier alpha value is -1.12. The largest absolute Gasteiger partial charge is 0.462 e. The van der Waals surface area contributed by atoms with Gasteiger partial charge in [0.15, 0.2) is 5.78 Å². The topological polar surface area (TPSA) is 43.4 Å². The Morgan fingerprint density at radius 1 is 0.886 bits per heavy atom. The summed E-state index contributed by atoms with van der Waals surface area (Å²) in [7, 11) is 0. The average Bonchev–Trinajstić information content (AvgIpc) is 2.72. The average molecular weight is 483 g/mol. The molecule has 3 nitrogen and oxygen atoms in total. The van der Waals surface area contributed by atoms with Crippen molar-refractivity contribution in [3.05, 3.63) is 11.6 Å². The van der Waals surface area contributed by atoms with Crippen LogP contribution in [0.3, 0.4) is 0 Å². The van der Waals surface area contributed by atoms with Gasteiger partial charge in [-0.25, -0.2) is 0 Å². The Labute approximate surface area is 214 Å². The van der Waals surface area contributed by atoms with Crippen molar-refractivity contribution >= 4 is 11.8 Å². The molecule has 0 heterocycles. The molecule has 3 heteroatoms. The molecule has 0 bridgehead atoms. The number of hydrogen-bond acceptors (Lipinski definition) is 3. The molecule has 0 aliphatic heterocycles. The Morgan fingerprint density at radius 2 is 1.54 bits per heavy atom. The van der Waals surface area contributed by atoms with E-state index in [0.717, 1.165) is 25.7 Å².